The molecule has 0 unspecified atom stereocenters. The molecule has 0 bridgehead atoms. The summed E-state index contributed by atoms with van der Waals surface area (Å²) in [5.41, 5.74) is 1.81. The third-order valence-corrected chi connectivity index (χ3v) is 4.55. The Hall–Kier alpha value is -3.88. The number of carbonyl (C=O) groups excluding carboxylic acids is 3. The topological polar surface area (TPSA) is 110 Å². The lowest BCUT2D eigenvalue weighted by atomic mass is 10.1. The van der Waals surface area contributed by atoms with Crippen LogP contribution in [0.1, 0.15) is 32.1 Å². The van der Waals surface area contributed by atoms with Gasteiger partial charge in [-0.25, -0.2) is 0 Å². The minimum Gasteiger partial charge on any atom is -0.350 e. The molecule has 0 saturated carbocycles. The van der Waals surface area contributed by atoms with Crippen molar-refractivity contribution in [1.29, 1.82) is 0 Å². The summed E-state index contributed by atoms with van der Waals surface area (Å²) in [6, 6.07) is 16.3. The number of aromatic nitrogens is 4. The predicted octanol–water partition coefficient (Wildman–Crippen LogP) is 0.828. The summed E-state index contributed by atoms with van der Waals surface area (Å²) in [6.45, 7) is 0.506. The van der Waals surface area contributed by atoms with E-state index in [1.807, 2.05) is 30.3 Å². The molecule has 0 atom stereocenters. The molecule has 1 aliphatic heterocycles. The highest BCUT2D eigenvalue weighted by Crippen LogP contribution is 2.22. The first kappa shape index (κ1) is 18.5. The minimum atomic E-state index is -0.321. The van der Waals surface area contributed by atoms with Gasteiger partial charge in [0.1, 0.15) is 6.54 Å². The summed E-state index contributed by atoms with van der Waals surface area (Å²) in [6.07, 6.45) is 0.261. The maximum atomic E-state index is 12.4. The SMILES string of the molecule is O=C(Cn1nnc(CCN2C(=O)c3ccccc3C2=O)n1)NCc1ccccc1. The molecule has 9 nitrogen and oxygen atoms in total. The molecule has 0 aliphatic carbocycles. The smallest absolute Gasteiger partial charge is 0.261 e. The zero-order chi connectivity index (χ0) is 20.2. The van der Waals surface area contributed by atoms with Gasteiger partial charge in [0.25, 0.3) is 11.8 Å². The monoisotopic (exact) mass is 390 g/mol. The van der Waals surface area contributed by atoms with Gasteiger partial charge in [-0.05, 0) is 22.9 Å². The van der Waals surface area contributed by atoms with Crippen LogP contribution in [-0.4, -0.2) is 49.4 Å². The summed E-state index contributed by atoms with van der Waals surface area (Å²) in [5.74, 6) is -0.521. The van der Waals surface area contributed by atoms with Crippen LogP contribution in [0.25, 0.3) is 0 Å². The van der Waals surface area contributed by atoms with Crippen molar-refractivity contribution in [1.82, 2.24) is 30.4 Å². The molecule has 9 heteroatoms. The van der Waals surface area contributed by atoms with E-state index in [9.17, 15) is 14.4 Å². The summed E-state index contributed by atoms with van der Waals surface area (Å²) in [5, 5.41) is 14.7. The van der Waals surface area contributed by atoms with Crippen molar-refractivity contribution in [2.75, 3.05) is 6.54 Å². The van der Waals surface area contributed by atoms with Gasteiger partial charge in [0.05, 0.1) is 11.1 Å². The van der Waals surface area contributed by atoms with Gasteiger partial charge in [-0.1, -0.05) is 42.5 Å². The summed E-state index contributed by atoms with van der Waals surface area (Å²) >= 11 is 0. The van der Waals surface area contributed by atoms with E-state index in [1.54, 1.807) is 24.3 Å². The minimum absolute atomic E-state index is 0.0626. The van der Waals surface area contributed by atoms with Crippen LogP contribution in [0.4, 0.5) is 0 Å². The van der Waals surface area contributed by atoms with Crippen LogP contribution in [-0.2, 0) is 24.3 Å². The maximum Gasteiger partial charge on any atom is 0.261 e. The quantitative estimate of drug-likeness (QED) is 0.599. The molecule has 2 heterocycles. The number of nitrogens with one attached hydrogen (secondary N) is 1. The molecule has 3 amide bonds. The number of hydrogen-bond donors (Lipinski definition) is 1. The first-order chi connectivity index (χ1) is 14.1. The van der Waals surface area contributed by atoms with Crippen LogP contribution in [0, 0.1) is 0 Å². The Morgan fingerprint density at radius 2 is 1.59 bits per heavy atom. The lowest BCUT2D eigenvalue weighted by Crippen LogP contribution is -2.32. The van der Waals surface area contributed by atoms with E-state index in [-0.39, 0.29) is 37.2 Å². The van der Waals surface area contributed by atoms with Gasteiger partial charge in [0.2, 0.25) is 5.91 Å². The number of rotatable bonds is 7. The molecule has 2 aromatic carbocycles. The fourth-order valence-corrected chi connectivity index (χ4v) is 3.08. The molecule has 1 N–H and O–H groups in total. The first-order valence-electron chi connectivity index (χ1n) is 9.14. The normalized spacial score (nSPS) is 12.9. The first-order valence-corrected chi connectivity index (χ1v) is 9.14. The van der Waals surface area contributed by atoms with E-state index in [2.05, 4.69) is 20.7 Å². The van der Waals surface area contributed by atoms with Crippen molar-refractivity contribution in [2.24, 2.45) is 0 Å². The maximum absolute atomic E-state index is 12.4. The number of carbonyl (C=O) groups is 3. The molecule has 146 valence electrons. The van der Waals surface area contributed by atoms with Gasteiger partial charge in [-0.3, -0.25) is 19.3 Å². The predicted molar refractivity (Wildman–Crippen MR) is 102 cm³/mol. The number of benzene rings is 2. The Bertz CT molecular complexity index is 1030. The number of hydrogen-bond acceptors (Lipinski definition) is 6. The highest BCUT2D eigenvalue weighted by Gasteiger charge is 2.34. The van der Waals surface area contributed by atoms with Crippen molar-refractivity contribution in [3.05, 3.63) is 77.1 Å². The second-order valence-corrected chi connectivity index (χ2v) is 6.56. The van der Waals surface area contributed by atoms with Crippen molar-refractivity contribution in [3.63, 3.8) is 0 Å². The fraction of sp³-hybridized carbons (Fsp3) is 0.200. The summed E-state index contributed by atoms with van der Waals surface area (Å²) in [7, 11) is 0. The van der Waals surface area contributed by atoms with Crippen LogP contribution in [0.15, 0.2) is 54.6 Å². The molecule has 0 radical (unpaired) electrons. The Morgan fingerprint density at radius 1 is 0.931 bits per heavy atom. The summed E-state index contributed by atoms with van der Waals surface area (Å²) in [4.78, 5) is 39.1. The zero-order valence-corrected chi connectivity index (χ0v) is 15.5. The van der Waals surface area contributed by atoms with Crippen molar-refractivity contribution in [3.8, 4) is 0 Å². The Labute approximate surface area is 166 Å². The van der Waals surface area contributed by atoms with E-state index in [4.69, 9.17) is 0 Å². The van der Waals surface area contributed by atoms with Gasteiger partial charge in [-0.15, -0.1) is 10.2 Å². The van der Waals surface area contributed by atoms with E-state index in [1.165, 1.54) is 9.70 Å². The van der Waals surface area contributed by atoms with E-state index >= 15 is 0 Å². The molecule has 4 rings (SSSR count). The van der Waals surface area contributed by atoms with Gasteiger partial charge >= 0.3 is 0 Å². The highest BCUT2D eigenvalue weighted by molar-refractivity contribution is 6.21. The second-order valence-electron chi connectivity index (χ2n) is 6.56. The molecule has 0 saturated heterocycles. The third kappa shape index (κ3) is 4.03. The second kappa shape index (κ2) is 8.01. The Balaban J connectivity index is 1.29. The standard InChI is InChI=1S/C20H18N6O3/c27-18(21-12-14-6-2-1-3-7-14)13-26-23-17(22-24-26)10-11-25-19(28)15-8-4-5-9-16(15)20(25)29/h1-9H,10-13H2,(H,21,27). The van der Waals surface area contributed by atoms with Gasteiger partial charge in [0, 0.05) is 19.5 Å². The Morgan fingerprint density at radius 3 is 2.28 bits per heavy atom. The molecular formula is C20H18N6O3. The number of nitrogens with zero attached hydrogens (tertiary/aromatic N) is 5. The van der Waals surface area contributed by atoms with Crippen LogP contribution in [0.2, 0.25) is 0 Å². The van der Waals surface area contributed by atoms with E-state index in [0.29, 0.717) is 23.5 Å². The number of tetrazole rings is 1. The van der Waals surface area contributed by atoms with Gasteiger partial charge in [0.15, 0.2) is 5.82 Å². The average molecular weight is 390 g/mol. The van der Waals surface area contributed by atoms with Crippen LogP contribution >= 0.6 is 0 Å². The van der Waals surface area contributed by atoms with Crippen LogP contribution in [0.3, 0.4) is 0 Å². The fourth-order valence-electron chi connectivity index (χ4n) is 3.08. The van der Waals surface area contributed by atoms with E-state index < -0.39 is 0 Å². The molecule has 0 spiro atoms. The summed E-state index contributed by atoms with van der Waals surface area (Å²) < 4.78 is 0. The number of fused-ring (bicyclic) bond motifs is 1. The molecule has 0 fully saturated rings. The van der Waals surface area contributed by atoms with Crippen LogP contribution in [0.5, 0.6) is 0 Å². The average Bonchev–Trinajstić information content (AvgIpc) is 3.29. The van der Waals surface area contributed by atoms with Crippen LogP contribution < -0.4 is 5.32 Å². The van der Waals surface area contributed by atoms with Crippen molar-refractivity contribution < 1.29 is 14.4 Å². The largest absolute Gasteiger partial charge is 0.350 e. The highest BCUT2D eigenvalue weighted by atomic mass is 16.2. The molecule has 1 aliphatic rings. The lowest BCUT2D eigenvalue weighted by Gasteiger charge is -2.11. The molecule has 1 aromatic heterocycles. The number of imide groups is 1. The zero-order valence-electron chi connectivity index (χ0n) is 15.5. The molecule has 29 heavy (non-hydrogen) atoms. The van der Waals surface area contributed by atoms with Gasteiger partial charge < -0.3 is 5.32 Å². The molecular weight excluding hydrogens is 372 g/mol. The van der Waals surface area contributed by atoms with Gasteiger partial charge in [-0.2, -0.15) is 4.80 Å². The third-order valence-electron chi connectivity index (χ3n) is 4.55. The van der Waals surface area contributed by atoms with Crippen molar-refractivity contribution in [2.45, 2.75) is 19.5 Å². The Kier molecular flexibility index (Phi) is 5.10. The molecule has 3 aromatic rings. The number of amides is 3. The van der Waals surface area contributed by atoms with E-state index in [0.717, 1.165) is 5.56 Å². The lowest BCUT2D eigenvalue weighted by molar-refractivity contribution is -0.122. The van der Waals surface area contributed by atoms with Crippen molar-refractivity contribution >= 4 is 17.7 Å².